The van der Waals surface area contributed by atoms with E-state index in [2.05, 4.69) is 184 Å². The van der Waals surface area contributed by atoms with Crippen LogP contribution in [-0.2, 0) is 10.8 Å². The van der Waals surface area contributed by atoms with Crippen molar-refractivity contribution in [2.75, 3.05) is 4.90 Å². The van der Waals surface area contributed by atoms with E-state index >= 15 is 0 Å². The molecule has 2 aliphatic carbocycles. The number of thiophene rings is 1. The fourth-order valence-corrected chi connectivity index (χ4v) is 10.2. The molecule has 7 aromatic carbocycles. The normalized spacial score (nSPS) is 14.7. The molecule has 0 saturated carbocycles. The highest BCUT2D eigenvalue weighted by Crippen LogP contribution is 2.58. The molecule has 50 heavy (non-hydrogen) atoms. The van der Waals surface area contributed by atoms with Crippen LogP contribution in [0.1, 0.15) is 49.9 Å². The van der Waals surface area contributed by atoms with Crippen molar-refractivity contribution in [1.82, 2.24) is 0 Å². The van der Waals surface area contributed by atoms with Crippen molar-refractivity contribution in [3.05, 3.63) is 174 Å². The molecule has 0 aliphatic heterocycles. The molecule has 8 aromatic rings. The summed E-state index contributed by atoms with van der Waals surface area (Å²) in [6.07, 6.45) is 0. The van der Waals surface area contributed by atoms with Gasteiger partial charge >= 0.3 is 0 Å². The predicted octanol–water partition coefficient (Wildman–Crippen LogP) is 13.8. The van der Waals surface area contributed by atoms with Crippen molar-refractivity contribution >= 4 is 48.6 Å². The zero-order valence-electron chi connectivity index (χ0n) is 28.8. The van der Waals surface area contributed by atoms with Crippen molar-refractivity contribution in [2.24, 2.45) is 0 Å². The summed E-state index contributed by atoms with van der Waals surface area (Å²) in [4.78, 5) is 2.54. The number of hydrogen-bond acceptors (Lipinski definition) is 2. The molecule has 0 amide bonds. The molecule has 1 nitrogen and oxygen atoms in total. The Morgan fingerprint density at radius 1 is 0.440 bits per heavy atom. The van der Waals surface area contributed by atoms with Crippen molar-refractivity contribution in [2.45, 2.75) is 38.5 Å². The van der Waals surface area contributed by atoms with E-state index in [-0.39, 0.29) is 10.8 Å². The number of nitrogens with zero attached hydrogens (tertiary/aromatic N) is 1. The van der Waals surface area contributed by atoms with Gasteiger partial charge in [-0.1, -0.05) is 143 Å². The Kier molecular flexibility index (Phi) is 6.21. The third kappa shape index (κ3) is 4.06. The lowest BCUT2D eigenvalue weighted by Crippen LogP contribution is -2.21. The second-order valence-corrected chi connectivity index (χ2v) is 16.0. The maximum absolute atomic E-state index is 2.54. The van der Waals surface area contributed by atoms with Crippen LogP contribution in [0.4, 0.5) is 17.1 Å². The van der Waals surface area contributed by atoms with Crippen LogP contribution in [0.5, 0.6) is 0 Å². The first-order valence-corrected chi connectivity index (χ1v) is 18.4. The van der Waals surface area contributed by atoms with E-state index in [1.165, 1.54) is 87.2 Å². The minimum absolute atomic E-state index is 0.0865. The van der Waals surface area contributed by atoms with Gasteiger partial charge in [-0.25, -0.2) is 0 Å². The average Bonchev–Trinajstić information content (AvgIpc) is 3.72. The number of anilines is 3. The molecule has 0 spiro atoms. The summed E-state index contributed by atoms with van der Waals surface area (Å²) in [5.74, 6) is 0. The Hall–Kier alpha value is -5.44. The highest BCUT2D eigenvalue weighted by atomic mass is 32.1. The van der Waals surface area contributed by atoms with E-state index in [1.807, 2.05) is 11.3 Å². The van der Waals surface area contributed by atoms with E-state index in [1.54, 1.807) is 0 Å². The van der Waals surface area contributed by atoms with Crippen LogP contribution in [0, 0.1) is 0 Å². The first kappa shape index (κ1) is 29.5. The summed E-state index contributed by atoms with van der Waals surface area (Å²) in [7, 11) is 0. The molecule has 10 rings (SSSR count). The fourth-order valence-electron chi connectivity index (χ4n) is 9.04. The van der Waals surface area contributed by atoms with Crippen molar-refractivity contribution in [3.63, 3.8) is 0 Å². The third-order valence-corrected chi connectivity index (χ3v) is 12.6. The zero-order valence-corrected chi connectivity index (χ0v) is 29.6. The molecule has 2 aliphatic rings. The summed E-state index contributed by atoms with van der Waals surface area (Å²) >= 11 is 1.88. The van der Waals surface area contributed by atoms with Gasteiger partial charge in [-0.2, -0.15) is 0 Å². The molecule has 0 atom stereocenters. The molecule has 0 unspecified atom stereocenters. The van der Waals surface area contributed by atoms with Crippen LogP contribution in [-0.4, -0.2) is 0 Å². The predicted molar refractivity (Wildman–Crippen MR) is 215 cm³/mol. The second-order valence-electron chi connectivity index (χ2n) is 14.9. The molecule has 2 heteroatoms. The highest BCUT2D eigenvalue weighted by molar-refractivity contribution is 7.25. The largest absolute Gasteiger partial charge is 0.310 e. The maximum Gasteiger partial charge on any atom is 0.0543 e. The van der Waals surface area contributed by atoms with Gasteiger partial charge in [0.15, 0.2) is 0 Å². The van der Waals surface area contributed by atoms with E-state index in [0.29, 0.717) is 0 Å². The maximum atomic E-state index is 2.54. The Morgan fingerprint density at radius 3 is 1.86 bits per heavy atom. The van der Waals surface area contributed by atoms with Gasteiger partial charge in [-0.05, 0) is 86.5 Å². The van der Waals surface area contributed by atoms with Gasteiger partial charge in [-0.3, -0.25) is 0 Å². The monoisotopic (exact) mass is 659 g/mol. The quantitative estimate of drug-likeness (QED) is 0.182. The Balaban J connectivity index is 1.18. The highest BCUT2D eigenvalue weighted by Gasteiger charge is 2.41. The lowest BCUT2D eigenvalue weighted by Gasteiger charge is -2.33. The summed E-state index contributed by atoms with van der Waals surface area (Å²) < 4.78 is 2.67. The average molecular weight is 660 g/mol. The van der Waals surface area contributed by atoms with Gasteiger partial charge in [0.2, 0.25) is 0 Å². The SMILES string of the molecule is CC1(C)c2ccccc2-c2c(N(c3ccc(-c4ccc5c(c4)sc4ccccc45)cc3)c3cccc4c3C(C)(C)c3ccccc3-4)cccc21. The van der Waals surface area contributed by atoms with Crippen molar-refractivity contribution in [3.8, 4) is 33.4 Å². The molecule has 0 fully saturated rings. The Morgan fingerprint density at radius 2 is 1.04 bits per heavy atom. The molecular weight excluding hydrogens is 623 g/mol. The van der Waals surface area contributed by atoms with Crippen molar-refractivity contribution in [1.29, 1.82) is 0 Å². The van der Waals surface area contributed by atoms with Gasteiger partial charge in [-0.15, -0.1) is 11.3 Å². The Bertz CT molecular complexity index is 2650. The van der Waals surface area contributed by atoms with Crippen molar-refractivity contribution < 1.29 is 0 Å². The van der Waals surface area contributed by atoms with Gasteiger partial charge in [0.25, 0.3) is 0 Å². The number of rotatable bonds is 4. The van der Waals surface area contributed by atoms with E-state index < -0.39 is 0 Å². The van der Waals surface area contributed by atoms with Gasteiger partial charge in [0.05, 0.1) is 11.4 Å². The summed E-state index contributed by atoms with van der Waals surface area (Å²) in [5, 5.41) is 2.67. The molecule has 0 N–H and O–H groups in total. The summed E-state index contributed by atoms with van der Waals surface area (Å²) in [6.45, 7) is 9.52. The lowest BCUT2D eigenvalue weighted by atomic mass is 9.81. The second kappa shape index (κ2) is 10.5. The fraction of sp³-hybridized carbons (Fsp3) is 0.125. The van der Waals surface area contributed by atoms with E-state index in [0.717, 1.165) is 5.69 Å². The lowest BCUT2D eigenvalue weighted by molar-refractivity contribution is 0.659. The molecular formula is C48H37NS. The zero-order chi connectivity index (χ0) is 33.8. The van der Waals surface area contributed by atoms with Gasteiger partial charge in [0.1, 0.15) is 0 Å². The minimum Gasteiger partial charge on any atom is -0.310 e. The van der Waals surface area contributed by atoms with Gasteiger partial charge in [0, 0.05) is 42.3 Å². The molecule has 240 valence electrons. The van der Waals surface area contributed by atoms with Gasteiger partial charge < -0.3 is 4.90 Å². The molecule has 0 bridgehead atoms. The number of fused-ring (bicyclic) bond motifs is 9. The van der Waals surface area contributed by atoms with E-state index in [4.69, 9.17) is 0 Å². The molecule has 0 radical (unpaired) electrons. The molecule has 1 aromatic heterocycles. The van der Waals surface area contributed by atoms with Crippen LogP contribution in [0.15, 0.2) is 152 Å². The first-order valence-electron chi connectivity index (χ1n) is 17.6. The standard InChI is InChI=1S/C48H37NS/c1-47(2)39-18-9-6-15-37(39)45-40(47)19-12-20-41(45)49(42-21-11-16-36-33-13-5-8-17-38(33)48(3,4)46(36)42)32-26-23-30(24-27-32)31-25-28-35-34-14-7-10-22-43(34)50-44(35)29-31/h5-29H,1-4H3. The summed E-state index contributed by atoms with van der Waals surface area (Å²) in [5.41, 5.74) is 16.7. The van der Waals surface area contributed by atoms with Crippen LogP contribution in [0.2, 0.25) is 0 Å². The smallest absolute Gasteiger partial charge is 0.0543 e. The van der Waals surface area contributed by atoms with Crippen LogP contribution in [0.25, 0.3) is 53.6 Å². The van der Waals surface area contributed by atoms with Crippen LogP contribution < -0.4 is 4.90 Å². The van der Waals surface area contributed by atoms with Crippen LogP contribution >= 0.6 is 11.3 Å². The topological polar surface area (TPSA) is 3.24 Å². The summed E-state index contributed by atoms with van der Waals surface area (Å²) in [6, 6.07) is 56.7. The Labute approximate surface area is 298 Å². The third-order valence-electron chi connectivity index (χ3n) is 11.5. The number of benzene rings is 7. The van der Waals surface area contributed by atoms with Crippen LogP contribution in [0.3, 0.4) is 0 Å². The molecule has 0 saturated heterocycles. The van der Waals surface area contributed by atoms with E-state index in [9.17, 15) is 0 Å². The molecule has 1 heterocycles. The first-order chi connectivity index (χ1) is 24.3. The minimum atomic E-state index is -0.157. The number of hydrogen-bond donors (Lipinski definition) is 0.